The molecule has 1 aliphatic heterocycles. The fourth-order valence-corrected chi connectivity index (χ4v) is 2.63. The molecule has 0 aromatic heterocycles. The number of morpholine rings is 1. The summed E-state index contributed by atoms with van der Waals surface area (Å²) in [6.07, 6.45) is 0. The average Bonchev–Trinajstić information content (AvgIpc) is 2.49. The van der Waals surface area contributed by atoms with Crippen LogP contribution < -0.4 is 14.8 Å². The van der Waals surface area contributed by atoms with Crippen molar-refractivity contribution >= 4 is 21.6 Å². The zero-order chi connectivity index (χ0) is 14.4. The third-order valence-corrected chi connectivity index (χ3v) is 3.98. The predicted molar refractivity (Wildman–Crippen MR) is 83.0 cm³/mol. The molecule has 1 aromatic rings. The molecule has 112 valence electrons. The van der Waals surface area contributed by atoms with Gasteiger partial charge in [-0.25, -0.2) is 0 Å². The summed E-state index contributed by atoms with van der Waals surface area (Å²) in [6, 6.07) is 3.86. The largest absolute Gasteiger partial charge is 0.493 e. The van der Waals surface area contributed by atoms with Gasteiger partial charge < -0.3 is 19.5 Å². The first-order valence-electron chi connectivity index (χ1n) is 6.70. The molecule has 1 N–H and O–H groups in total. The number of hydrogen-bond acceptors (Lipinski definition) is 5. The van der Waals surface area contributed by atoms with Crippen LogP contribution in [0.25, 0.3) is 0 Å². The van der Waals surface area contributed by atoms with Gasteiger partial charge in [0, 0.05) is 42.8 Å². The zero-order valence-electron chi connectivity index (χ0n) is 11.9. The Balaban J connectivity index is 1.91. The van der Waals surface area contributed by atoms with Gasteiger partial charge in [0.05, 0.1) is 33.1 Å². The van der Waals surface area contributed by atoms with E-state index in [1.165, 1.54) is 0 Å². The number of hydrogen-bond donors (Lipinski definition) is 1. The molecule has 0 saturated carbocycles. The van der Waals surface area contributed by atoms with E-state index in [9.17, 15) is 0 Å². The van der Waals surface area contributed by atoms with Crippen molar-refractivity contribution in [1.82, 2.24) is 4.90 Å². The molecule has 5 nitrogen and oxygen atoms in total. The van der Waals surface area contributed by atoms with Crippen LogP contribution in [0.2, 0.25) is 0 Å². The van der Waals surface area contributed by atoms with Crippen molar-refractivity contribution in [2.24, 2.45) is 0 Å². The Labute approximate surface area is 128 Å². The fraction of sp³-hybridized carbons (Fsp3) is 0.571. The Morgan fingerprint density at radius 1 is 1.20 bits per heavy atom. The Kier molecular flexibility index (Phi) is 5.94. The summed E-state index contributed by atoms with van der Waals surface area (Å²) in [4.78, 5) is 2.39. The van der Waals surface area contributed by atoms with E-state index in [0.29, 0.717) is 0 Å². The number of nitrogens with one attached hydrogen (secondary N) is 1. The number of rotatable bonds is 6. The number of halogens is 1. The highest BCUT2D eigenvalue weighted by molar-refractivity contribution is 9.10. The first-order valence-corrected chi connectivity index (χ1v) is 7.49. The Bertz CT molecular complexity index is 437. The van der Waals surface area contributed by atoms with E-state index in [1.807, 2.05) is 12.1 Å². The van der Waals surface area contributed by atoms with Crippen molar-refractivity contribution in [2.45, 2.75) is 0 Å². The lowest BCUT2D eigenvalue weighted by Gasteiger charge is -2.26. The molecule has 1 aliphatic rings. The van der Waals surface area contributed by atoms with Gasteiger partial charge in [-0.05, 0) is 15.9 Å². The van der Waals surface area contributed by atoms with Crippen molar-refractivity contribution in [3.8, 4) is 11.5 Å². The maximum Gasteiger partial charge on any atom is 0.162 e. The van der Waals surface area contributed by atoms with Crippen molar-refractivity contribution in [3.63, 3.8) is 0 Å². The van der Waals surface area contributed by atoms with Crippen LogP contribution in [-0.2, 0) is 4.74 Å². The SMILES string of the molecule is COc1cc(Br)c(NCCN2CCOCC2)cc1OC. The normalized spacial score (nSPS) is 15.9. The highest BCUT2D eigenvalue weighted by Crippen LogP contribution is 2.36. The predicted octanol–water partition coefficient (Wildman–Crippen LogP) is 2.21. The number of methoxy groups -OCH3 is 2. The van der Waals surface area contributed by atoms with Gasteiger partial charge in [-0.3, -0.25) is 4.90 Å². The van der Waals surface area contributed by atoms with Crippen LogP contribution in [0.5, 0.6) is 11.5 Å². The standard InChI is InChI=1S/C14H21BrN2O3/c1-18-13-9-11(15)12(10-14(13)19-2)16-3-4-17-5-7-20-8-6-17/h9-10,16H,3-8H2,1-2H3. The Morgan fingerprint density at radius 3 is 2.50 bits per heavy atom. The molecule has 1 aromatic carbocycles. The number of anilines is 1. The summed E-state index contributed by atoms with van der Waals surface area (Å²) in [5.41, 5.74) is 1.01. The van der Waals surface area contributed by atoms with Crippen molar-refractivity contribution < 1.29 is 14.2 Å². The maximum absolute atomic E-state index is 5.34. The maximum atomic E-state index is 5.34. The smallest absolute Gasteiger partial charge is 0.162 e. The number of ether oxygens (including phenoxy) is 3. The molecule has 0 bridgehead atoms. The van der Waals surface area contributed by atoms with Crippen molar-refractivity contribution in [3.05, 3.63) is 16.6 Å². The summed E-state index contributed by atoms with van der Waals surface area (Å²) in [5.74, 6) is 1.45. The molecule has 0 aliphatic carbocycles. The van der Waals surface area contributed by atoms with Crippen LogP contribution in [0.1, 0.15) is 0 Å². The van der Waals surface area contributed by atoms with Crippen LogP contribution in [0.15, 0.2) is 16.6 Å². The van der Waals surface area contributed by atoms with Crippen molar-refractivity contribution in [1.29, 1.82) is 0 Å². The summed E-state index contributed by atoms with van der Waals surface area (Å²) in [6.45, 7) is 5.57. The minimum atomic E-state index is 0.720. The minimum absolute atomic E-state index is 0.720. The van der Waals surface area contributed by atoms with E-state index >= 15 is 0 Å². The second-order valence-electron chi connectivity index (χ2n) is 4.57. The molecule has 20 heavy (non-hydrogen) atoms. The fourth-order valence-electron chi connectivity index (χ4n) is 2.16. The van der Waals surface area contributed by atoms with Gasteiger partial charge in [0.15, 0.2) is 11.5 Å². The minimum Gasteiger partial charge on any atom is -0.493 e. The molecule has 2 rings (SSSR count). The van der Waals surface area contributed by atoms with Gasteiger partial charge in [-0.1, -0.05) is 0 Å². The highest BCUT2D eigenvalue weighted by atomic mass is 79.9. The molecule has 1 heterocycles. The van der Waals surface area contributed by atoms with Gasteiger partial charge in [0.1, 0.15) is 0 Å². The molecule has 0 amide bonds. The third kappa shape index (κ3) is 4.01. The van der Waals surface area contributed by atoms with Crippen molar-refractivity contribution in [2.75, 3.05) is 58.9 Å². The summed E-state index contributed by atoms with van der Waals surface area (Å²) >= 11 is 3.55. The van der Waals surface area contributed by atoms with Gasteiger partial charge in [0.25, 0.3) is 0 Å². The van der Waals surface area contributed by atoms with E-state index in [1.54, 1.807) is 14.2 Å². The van der Waals surface area contributed by atoms with E-state index in [0.717, 1.165) is 61.1 Å². The lowest BCUT2D eigenvalue weighted by molar-refractivity contribution is 0.0398. The molecular weight excluding hydrogens is 324 g/mol. The highest BCUT2D eigenvalue weighted by Gasteiger charge is 2.11. The zero-order valence-corrected chi connectivity index (χ0v) is 13.5. The van der Waals surface area contributed by atoms with Gasteiger partial charge in [-0.15, -0.1) is 0 Å². The Morgan fingerprint density at radius 2 is 1.85 bits per heavy atom. The molecule has 0 atom stereocenters. The van der Waals surface area contributed by atoms with E-state index in [-0.39, 0.29) is 0 Å². The molecule has 0 spiro atoms. The number of nitrogens with zero attached hydrogens (tertiary/aromatic N) is 1. The summed E-state index contributed by atoms with van der Waals surface area (Å²) in [5, 5.41) is 3.42. The van der Waals surface area contributed by atoms with Gasteiger partial charge >= 0.3 is 0 Å². The van der Waals surface area contributed by atoms with Crippen LogP contribution in [0.3, 0.4) is 0 Å². The monoisotopic (exact) mass is 344 g/mol. The first-order chi connectivity index (χ1) is 9.74. The second kappa shape index (κ2) is 7.71. The van der Waals surface area contributed by atoms with E-state index in [2.05, 4.69) is 26.1 Å². The second-order valence-corrected chi connectivity index (χ2v) is 5.42. The van der Waals surface area contributed by atoms with E-state index < -0.39 is 0 Å². The van der Waals surface area contributed by atoms with Gasteiger partial charge in [0.2, 0.25) is 0 Å². The lowest BCUT2D eigenvalue weighted by atomic mass is 10.2. The van der Waals surface area contributed by atoms with Crippen LogP contribution in [-0.4, -0.2) is 58.5 Å². The van der Waals surface area contributed by atoms with E-state index in [4.69, 9.17) is 14.2 Å². The molecule has 0 unspecified atom stereocenters. The summed E-state index contributed by atoms with van der Waals surface area (Å²) in [7, 11) is 3.28. The van der Waals surface area contributed by atoms with Crippen LogP contribution in [0, 0.1) is 0 Å². The topological polar surface area (TPSA) is 43.0 Å². The first kappa shape index (κ1) is 15.4. The number of benzene rings is 1. The molecule has 6 heteroatoms. The molecule has 1 fully saturated rings. The molecular formula is C14H21BrN2O3. The van der Waals surface area contributed by atoms with Crippen LogP contribution in [0.4, 0.5) is 5.69 Å². The quantitative estimate of drug-likeness (QED) is 0.856. The van der Waals surface area contributed by atoms with Gasteiger partial charge in [-0.2, -0.15) is 0 Å². The summed E-state index contributed by atoms with van der Waals surface area (Å²) < 4.78 is 16.9. The molecule has 0 radical (unpaired) electrons. The Hall–Kier alpha value is -0.980. The lowest BCUT2D eigenvalue weighted by Crippen LogP contribution is -2.39. The van der Waals surface area contributed by atoms with Crippen LogP contribution >= 0.6 is 15.9 Å². The molecule has 1 saturated heterocycles. The third-order valence-electron chi connectivity index (χ3n) is 3.32. The average molecular weight is 345 g/mol.